The molecular weight excluding hydrogens is 240 g/mol. The Hall–Kier alpha value is -0.610. The summed E-state index contributed by atoms with van der Waals surface area (Å²) in [7, 11) is 0. The third-order valence-corrected chi connectivity index (χ3v) is 4.34. The summed E-state index contributed by atoms with van der Waals surface area (Å²) in [6.07, 6.45) is 6.75. The Labute approximate surface area is 117 Å². The minimum absolute atomic E-state index is 0.0880. The van der Waals surface area contributed by atoms with Crippen molar-refractivity contribution in [3.05, 3.63) is 0 Å². The van der Waals surface area contributed by atoms with Crippen molar-refractivity contribution in [2.24, 2.45) is 11.8 Å². The number of aliphatic hydroxyl groups is 1. The van der Waals surface area contributed by atoms with E-state index in [1.165, 1.54) is 19.3 Å². The van der Waals surface area contributed by atoms with Crippen molar-refractivity contribution >= 4 is 5.91 Å². The zero-order valence-electron chi connectivity index (χ0n) is 12.5. The molecule has 4 heteroatoms. The predicted molar refractivity (Wildman–Crippen MR) is 77.9 cm³/mol. The topological polar surface area (TPSA) is 61.4 Å². The second kappa shape index (κ2) is 9.32. The summed E-state index contributed by atoms with van der Waals surface area (Å²) in [5.74, 6) is 1.04. The minimum Gasteiger partial charge on any atom is -0.396 e. The van der Waals surface area contributed by atoms with E-state index in [4.69, 9.17) is 0 Å². The molecule has 0 bridgehead atoms. The van der Waals surface area contributed by atoms with Crippen LogP contribution in [0.3, 0.4) is 0 Å². The number of aliphatic hydroxyl groups excluding tert-OH is 1. The van der Waals surface area contributed by atoms with Crippen molar-refractivity contribution < 1.29 is 9.90 Å². The van der Waals surface area contributed by atoms with Gasteiger partial charge in [-0.3, -0.25) is 4.79 Å². The van der Waals surface area contributed by atoms with E-state index in [-0.39, 0.29) is 12.5 Å². The molecule has 19 heavy (non-hydrogen) atoms. The first-order valence-electron chi connectivity index (χ1n) is 7.82. The van der Waals surface area contributed by atoms with Crippen LogP contribution in [0.25, 0.3) is 0 Å². The number of rotatable bonds is 8. The van der Waals surface area contributed by atoms with Gasteiger partial charge in [0.15, 0.2) is 0 Å². The summed E-state index contributed by atoms with van der Waals surface area (Å²) in [6, 6.07) is 0.300. The first-order valence-corrected chi connectivity index (χ1v) is 7.82. The Kier molecular flexibility index (Phi) is 8.07. The van der Waals surface area contributed by atoms with Gasteiger partial charge >= 0.3 is 0 Å². The van der Waals surface area contributed by atoms with E-state index in [0.717, 1.165) is 25.8 Å². The Morgan fingerprint density at radius 2 is 1.84 bits per heavy atom. The Balaban J connectivity index is 2.19. The average Bonchev–Trinajstić information content (AvgIpc) is 2.45. The molecule has 1 rings (SSSR count). The minimum atomic E-state index is 0.0880. The molecule has 3 N–H and O–H groups in total. The quantitative estimate of drug-likeness (QED) is 0.629. The maximum absolute atomic E-state index is 11.7. The molecule has 1 aliphatic rings. The highest BCUT2D eigenvalue weighted by atomic mass is 16.3. The van der Waals surface area contributed by atoms with Crippen LogP contribution in [0.1, 0.15) is 52.4 Å². The van der Waals surface area contributed by atoms with E-state index in [0.29, 0.717) is 24.4 Å². The Morgan fingerprint density at radius 3 is 2.42 bits per heavy atom. The molecule has 0 radical (unpaired) electrons. The second-order valence-corrected chi connectivity index (χ2v) is 5.70. The summed E-state index contributed by atoms with van der Waals surface area (Å²) in [4.78, 5) is 11.7. The van der Waals surface area contributed by atoms with Gasteiger partial charge in [0.1, 0.15) is 0 Å². The third kappa shape index (κ3) is 5.91. The molecule has 1 saturated carbocycles. The van der Waals surface area contributed by atoms with Crippen LogP contribution >= 0.6 is 0 Å². The molecule has 0 aromatic carbocycles. The molecule has 0 saturated heterocycles. The highest BCUT2D eigenvalue weighted by Gasteiger charge is 2.24. The lowest BCUT2D eigenvalue weighted by molar-refractivity contribution is -0.121. The zero-order valence-corrected chi connectivity index (χ0v) is 12.5. The summed E-state index contributed by atoms with van der Waals surface area (Å²) in [5, 5.41) is 15.6. The van der Waals surface area contributed by atoms with Crippen LogP contribution in [0.4, 0.5) is 0 Å². The van der Waals surface area contributed by atoms with Gasteiger partial charge < -0.3 is 15.7 Å². The SMILES string of the molecule is CCC(CC)NC(=O)CNCC1CCCCC1CO. The smallest absolute Gasteiger partial charge is 0.234 e. The van der Waals surface area contributed by atoms with Crippen LogP contribution in [0.2, 0.25) is 0 Å². The molecule has 0 aromatic rings. The summed E-state index contributed by atoms with van der Waals surface area (Å²) in [6.45, 7) is 5.71. The van der Waals surface area contributed by atoms with Gasteiger partial charge in [-0.2, -0.15) is 0 Å². The van der Waals surface area contributed by atoms with Gasteiger partial charge in [-0.05, 0) is 44.1 Å². The molecule has 0 aliphatic heterocycles. The molecule has 0 spiro atoms. The Morgan fingerprint density at radius 1 is 1.21 bits per heavy atom. The fourth-order valence-corrected chi connectivity index (χ4v) is 2.94. The highest BCUT2D eigenvalue weighted by Crippen LogP contribution is 2.28. The third-order valence-electron chi connectivity index (χ3n) is 4.34. The number of amides is 1. The molecule has 1 aliphatic carbocycles. The predicted octanol–water partition coefficient (Wildman–Crippen LogP) is 1.68. The normalized spacial score (nSPS) is 23.6. The van der Waals surface area contributed by atoms with Crippen LogP contribution < -0.4 is 10.6 Å². The van der Waals surface area contributed by atoms with E-state index in [9.17, 15) is 9.90 Å². The van der Waals surface area contributed by atoms with Crippen molar-refractivity contribution in [1.29, 1.82) is 0 Å². The largest absolute Gasteiger partial charge is 0.396 e. The first-order chi connectivity index (χ1) is 9.21. The van der Waals surface area contributed by atoms with Gasteiger partial charge in [-0.1, -0.05) is 26.7 Å². The van der Waals surface area contributed by atoms with E-state index >= 15 is 0 Å². The van der Waals surface area contributed by atoms with Gasteiger partial charge in [0.2, 0.25) is 5.91 Å². The standard InChI is InChI=1S/C15H30N2O2/c1-3-14(4-2)17-15(19)10-16-9-12-7-5-6-8-13(12)11-18/h12-14,16,18H,3-11H2,1-2H3,(H,17,19). The van der Waals surface area contributed by atoms with Crippen LogP contribution in [0, 0.1) is 11.8 Å². The van der Waals surface area contributed by atoms with Crippen LogP contribution in [0.15, 0.2) is 0 Å². The molecular formula is C15H30N2O2. The van der Waals surface area contributed by atoms with Gasteiger partial charge in [0, 0.05) is 12.6 Å². The van der Waals surface area contributed by atoms with Crippen LogP contribution in [-0.4, -0.2) is 36.8 Å². The van der Waals surface area contributed by atoms with E-state index in [1.807, 2.05) is 0 Å². The average molecular weight is 270 g/mol. The lowest BCUT2D eigenvalue weighted by Gasteiger charge is -2.30. The molecule has 0 aromatic heterocycles. The Bertz CT molecular complexity index is 255. The maximum Gasteiger partial charge on any atom is 0.234 e. The van der Waals surface area contributed by atoms with Crippen LogP contribution in [-0.2, 0) is 4.79 Å². The lowest BCUT2D eigenvalue weighted by Crippen LogP contribution is -2.42. The van der Waals surface area contributed by atoms with Crippen molar-refractivity contribution in [2.75, 3.05) is 19.7 Å². The summed E-state index contributed by atoms with van der Waals surface area (Å²) >= 11 is 0. The number of carbonyl (C=O) groups is 1. The first kappa shape index (κ1) is 16.4. The maximum atomic E-state index is 11.7. The molecule has 1 fully saturated rings. The van der Waals surface area contributed by atoms with E-state index in [1.54, 1.807) is 0 Å². The molecule has 2 atom stereocenters. The number of nitrogens with one attached hydrogen (secondary N) is 2. The fourth-order valence-electron chi connectivity index (χ4n) is 2.94. The number of carbonyl (C=O) groups excluding carboxylic acids is 1. The van der Waals surface area contributed by atoms with Crippen molar-refractivity contribution in [3.63, 3.8) is 0 Å². The van der Waals surface area contributed by atoms with Gasteiger partial charge in [0.05, 0.1) is 6.54 Å². The van der Waals surface area contributed by atoms with Gasteiger partial charge in [0.25, 0.3) is 0 Å². The summed E-state index contributed by atoms with van der Waals surface area (Å²) in [5.41, 5.74) is 0. The molecule has 2 unspecified atom stereocenters. The molecule has 112 valence electrons. The molecule has 4 nitrogen and oxygen atoms in total. The van der Waals surface area contributed by atoms with E-state index in [2.05, 4.69) is 24.5 Å². The van der Waals surface area contributed by atoms with Gasteiger partial charge in [-0.15, -0.1) is 0 Å². The van der Waals surface area contributed by atoms with Gasteiger partial charge in [-0.25, -0.2) is 0 Å². The van der Waals surface area contributed by atoms with Crippen molar-refractivity contribution in [3.8, 4) is 0 Å². The molecule has 0 heterocycles. The van der Waals surface area contributed by atoms with E-state index < -0.39 is 0 Å². The highest BCUT2D eigenvalue weighted by molar-refractivity contribution is 5.78. The van der Waals surface area contributed by atoms with Crippen molar-refractivity contribution in [1.82, 2.24) is 10.6 Å². The monoisotopic (exact) mass is 270 g/mol. The number of hydrogen-bond donors (Lipinski definition) is 3. The fraction of sp³-hybridized carbons (Fsp3) is 0.933. The second-order valence-electron chi connectivity index (χ2n) is 5.70. The number of hydrogen-bond acceptors (Lipinski definition) is 3. The lowest BCUT2D eigenvalue weighted by atomic mass is 9.79. The molecule has 1 amide bonds. The van der Waals surface area contributed by atoms with Crippen molar-refractivity contribution in [2.45, 2.75) is 58.4 Å². The zero-order chi connectivity index (χ0) is 14.1. The summed E-state index contributed by atoms with van der Waals surface area (Å²) < 4.78 is 0. The van der Waals surface area contributed by atoms with Crippen LogP contribution in [0.5, 0.6) is 0 Å².